The maximum absolute atomic E-state index is 14.0. The van der Waals surface area contributed by atoms with Gasteiger partial charge < -0.3 is 4.90 Å². The van der Waals surface area contributed by atoms with Gasteiger partial charge in [-0.25, -0.2) is 9.37 Å². The van der Waals surface area contributed by atoms with Crippen LogP contribution >= 0.6 is 11.3 Å². The van der Waals surface area contributed by atoms with Crippen LogP contribution in [0.25, 0.3) is 21.5 Å². The molecule has 0 N–H and O–H groups in total. The number of halogens is 4. The van der Waals surface area contributed by atoms with E-state index in [1.807, 2.05) is 6.07 Å². The Labute approximate surface area is 207 Å². The van der Waals surface area contributed by atoms with Gasteiger partial charge in [0.15, 0.2) is 0 Å². The number of carbonyl (C=O) groups is 1. The molecular formula is C27H17F4N3OS. The molecule has 0 fully saturated rings. The summed E-state index contributed by atoms with van der Waals surface area (Å²) in [7, 11) is 0. The van der Waals surface area contributed by atoms with E-state index in [-0.39, 0.29) is 12.2 Å². The van der Waals surface area contributed by atoms with Crippen LogP contribution in [-0.2, 0) is 12.7 Å². The van der Waals surface area contributed by atoms with Crippen molar-refractivity contribution >= 4 is 34.0 Å². The Kier molecular flexibility index (Phi) is 6.24. The lowest BCUT2D eigenvalue weighted by molar-refractivity contribution is -0.137. The Balaban J connectivity index is 1.46. The monoisotopic (exact) mass is 507 g/mol. The third kappa shape index (κ3) is 4.96. The van der Waals surface area contributed by atoms with Gasteiger partial charge in [0.25, 0.3) is 5.91 Å². The number of carbonyl (C=O) groups excluding carboxylic acids is 1. The first-order chi connectivity index (χ1) is 17.3. The summed E-state index contributed by atoms with van der Waals surface area (Å²) >= 11 is 1.34. The molecule has 5 aromatic rings. The number of para-hydroxylation sites is 2. The molecule has 0 radical (unpaired) electrons. The Morgan fingerprint density at radius 2 is 1.64 bits per heavy atom. The molecular weight excluding hydrogens is 490 g/mol. The highest BCUT2D eigenvalue weighted by molar-refractivity contribution is 7.15. The first-order valence-electron chi connectivity index (χ1n) is 10.8. The smallest absolute Gasteiger partial charge is 0.302 e. The van der Waals surface area contributed by atoms with Gasteiger partial charge in [-0.2, -0.15) is 13.2 Å². The molecule has 0 atom stereocenters. The lowest BCUT2D eigenvalue weighted by Crippen LogP contribution is -2.31. The second-order valence-electron chi connectivity index (χ2n) is 7.96. The van der Waals surface area contributed by atoms with E-state index in [0.29, 0.717) is 22.3 Å². The summed E-state index contributed by atoms with van der Waals surface area (Å²) in [4.78, 5) is 25.2. The van der Waals surface area contributed by atoms with E-state index in [2.05, 4.69) is 9.97 Å². The number of alkyl halides is 3. The average molecular weight is 508 g/mol. The topological polar surface area (TPSA) is 46.1 Å². The first kappa shape index (κ1) is 23.6. The van der Waals surface area contributed by atoms with Crippen LogP contribution in [0.5, 0.6) is 0 Å². The number of fused-ring (bicyclic) bond motifs is 1. The number of hydrogen-bond donors (Lipinski definition) is 0. The second kappa shape index (κ2) is 9.50. The van der Waals surface area contributed by atoms with Crippen LogP contribution in [0.15, 0.2) is 91.1 Å². The first-order valence-corrected chi connectivity index (χ1v) is 11.7. The molecule has 4 nitrogen and oxygen atoms in total. The van der Waals surface area contributed by atoms with Gasteiger partial charge >= 0.3 is 6.18 Å². The normalized spacial score (nSPS) is 11.6. The Bertz CT molecular complexity index is 1550. The summed E-state index contributed by atoms with van der Waals surface area (Å²) in [6, 6.07) is 21.3. The van der Waals surface area contributed by atoms with E-state index in [1.54, 1.807) is 36.4 Å². The SMILES string of the molecule is O=C(c1cnc2ccccc2n1)N(Cc1ccc(-c2ccc(C(F)(F)F)cc2)s1)c1cccc(F)c1. The number of anilines is 1. The second-order valence-corrected chi connectivity index (χ2v) is 9.12. The quantitative estimate of drug-likeness (QED) is 0.234. The van der Waals surface area contributed by atoms with Crippen LogP contribution in [0, 0.1) is 5.82 Å². The maximum Gasteiger partial charge on any atom is 0.416 e. The van der Waals surface area contributed by atoms with Gasteiger partial charge in [-0.15, -0.1) is 11.3 Å². The van der Waals surface area contributed by atoms with Crippen molar-refractivity contribution in [3.63, 3.8) is 0 Å². The molecule has 2 aromatic heterocycles. The lowest BCUT2D eigenvalue weighted by Gasteiger charge is -2.22. The zero-order valence-corrected chi connectivity index (χ0v) is 19.4. The van der Waals surface area contributed by atoms with Gasteiger partial charge in [0.1, 0.15) is 11.5 Å². The van der Waals surface area contributed by atoms with Crippen LogP contribution in [0.2, 0.25) is 0 Å². The number of rotatable bonds is 5. The fourth-order valence-electron chi connectivity index (χ4n) is 3.72. The van der Waals surface area contributed by atoms with E-state index in [1.165, 1.54) is 52.8 Å². The molecule has 0 aliphatic rings. The third-order valence-corrected chi connectivity index (χ3v) is 6.62. The van der Waals surface area contributed by atoms with Crippen LogP contribution in [0.1, 0.15) is 20.9 Å². The molecule has 180 valence electrons. The molecule has 0 aliphatic carbocycles. The van der Waals surface area contributed by atoms with Crippen molar-refractivity contribution in [3.8, 4) is 10.4 Å². The predicted octanol–water partition coefficient (Wildman–Crippen LogP) is 7.36. The summed E-state index contributed by atoms with van der Waals surface area (Å²) < 4.78 is 52.7. The fourth-order valence-corrected chi connectivity index (χ4v) is 4.72. The van der Waals surface area contributed by atoms with Gasteiger partial charge in [0.05, 0.1) is 29.3 Å². The summed E-state index contributed by atoms with van der Waals surface area (Å²) in [5, 5.41) is 0. The molecule has 0 saturated heterocycles. The summed E-state index contributed by atoms with van der Waals surface area (Å²) in [5.41, 5.74) is 1.57. The number of nitrogens with zero attached hydrogens (tertiary/aromatic N) is 3. The number of thiophene rings is 1. The summed E-state index contributed by atoms with van der Waals surface area (Å²) in [6.45, 7) is 0.113. The van der Waals surface area contributed by atoms with Gasteiger partial charge in [0, 0.05) is 15.4 Å². The molecule has 2 heterocycles. The maximum atomic E-state index is 14.0. The van der Waals surface area contributed by atoms with Crippen molar-refractivity contribution in [1.29, 1.82) is 0 Å². The molecule has 0 aliphatic heterocycles. The molecule has 0 unspecified atom stereocenters. The highest BCUT2D eigenvalue weighted by atomic mass is 32.1. The lowest BCUT2D eigenvalue weighted by atomic mass is 10.1. The average Bonchev–Trinajstić information content (AvgIpc) is 3.35. The molecule has 36 heavy (non-hydrogen) atoms. The minimum Gasteiger partial charge on any atom is -0.302 e. The molecule has 0 spiro atoms. The Hall–Kier alpha value is -4.11. The van der Waals surface area contributed by atoms with Gasteiger partial charge in [0.2, 0.25) is 0 Å². The summed E-state index contributed by atoms with van der Waals surface area (Å²) in [6.07, 6.45) is -3.02. The number of aromatic nitrogens is 2. The Morgan fingerprint density at radius 3 is 2.36 bits per heavy atom. The highest BCUT2D eigenvalue weighted by Crippen LogP contribution is 2.34. The third-order valence-electron chi connectivity index (χ3n) is 5.51. The van der Waals surface area contributed by atoms with Crippen molar-refractivity contribution in [3.05, 3.63) is 113 Å². The number of hydrogen-bond acceptors (Lipinski definition) is 4. The van der Waals surface area contributed by atoms with E-state index < -0.39 is 23.5 Å². The van der Waals surface area contributed by atoms with Crippen molar-refractivity contribution < 1.29 is 22.4 Å². The van der Waals surface area contributed by atoms with Crippen LogP contribution < -0.4 is 4.90 Å². The molecule has 3 aromatic carbocycles. The zero-order chi connectivity index (χ0) is 25.3. The minimum atomic E-state index is -4.41. The molecule has 5 rings (SSSR count). The summed E-state index contributed by atoms with van der Waals surface area (Å²) in [5.74, 6) is -0.949. The number of amides is 1. The predicted molar refractivity (Wildman–Crippen MR) is 131 cm³/mol. The van der Waals surface area contributed by atoms with E-state index in [9.17, 15) is 22.4 Å². The van der Waals surface area contributed by atoms with Gasteiger partial charge in [-0.05, 0) is 60.2 Å². The molecule has 1 amide bonds. The zero-order valence-electron chi connectivity index (χ0n) is 18.5. The largest absolute Gasteiger partial charge is 0.416 e. The fraction of sp³-hybridized carbons (Fsp3) is 0.0741. The highest BCUT2D eigenvalue weighted by Gasteiger charge is 2.30. The van der Waals surface area contributed by atoms with Gasteiger partial charge in [-0.3, -0.25) is 9.78 Å². The minimum absolute atomic E-state index is 0.109. The van der Waals surface area contributed by atoms with Crippen molar-refractivity contribution in [2.75, 3.05) is 4.90 Å². The van der Waals surface area contributed by atoms with E-state index >= 15 is 0 Å². The number of benzene rings is 3. The molecule has 0 bridgehead atoms. The standard InChI is InChI=1S/C27H17F4N3OS/c28-19-4-3-5-20(14-19)34(26(35)24-15-32-22-6-1-2-7-23(22)33-24)16-21-12-13-25(36-21)17-8-10-18(11-9-17)27(29,30)31/h1-15H,16H2. The van der Waals surface area contributed by atoms with Gasteiger partial charge in [-0.1, -0.05) is 30.3 Å². The van der Waals surface area contributed by atoms with Crippen LogP contribution in [-0.4, -0.2) is 15.9 Å². The van der Waals surface area contributed by atoms with Crippen LogP contribution in [0.4, 0.5) is 23.2 Å². The van der Waals surface area contributed by atoms with E-state index in [4.69, 9.17) is 0 Å². The molecule has 0 saturated carbocycles. The Morgan fingerprint density at radius 1 is 0.889 bits per heavy atom. The molecule has 9 heteroatoms. The van der Waals surface area contributed by atoms with Crippen molar-refractivity contribution in [2.24, 2.45) is 0 Å². The van der Waals surface area contributed by atoms with E-state index in [0.717, 1.165) is 21.9 Å². The van der Waals surface area contributed by atoms with Crippen LogP contribution in [0.3, 0.4) is 0 Å². The van der Waals surface area contributed by atoms with Crippen molar-refractivity contribution in [2.45, 2.75) is 12.7 Å². The van der Waals surface area contributed by atoms with Crippen molar-refractivity contribution in [1.82, 2.24) is 9.97 Å².